The Morgan fingerprint density at radius 1 is 0.476 bits per heavy atom. The van der Waals surface area contributed by atoms with Crippen molar-refractivity contribution in [2.24, 2.45) is 46.3 Å². The van der Waals surface area contributed by atoms with Gasteiger partial charge in [-0.25, -0.2) is 0 Å². The quantitative estimate of drug-likeness (QED) is 0.281. The average Bonchev–Trinajstić information content (AvgIpc) is 2.99. The van der Waals surface area contributed by atoms with Crippen molar-refractivity contribution >= 4 is 0 Å². The van der Waals surface area contributed by atoms with Crippen LogP contribution in [-0.4, -0.2) is 0 Å². The van der Waals surface area contributed by atoms with Gasteiger partial charge in [-0.2, -0.15) is 0 Å². The molecule has 0 aromatic heterocycles. The fraction of sp³-hybridized carbons (Fsp3) is 0.476. The third-order valence-electron chi connectivity index (χ3n) is 13.1. The molecule has 3 aromatic rings. The monoisotopic (exact) mass is 546 g/mol. The zero-order valence-corrected chi connectivity index (χ0v) is 24.8. The zero-order chi connectivity index (χ0) is 27.7. The minimum atomic E-state index is 0.465. The van der Waals surface area contributed by atoms with Gasteiger partial charge in [-0.05, 0) is 159 Å². The van der Waals surface area contributed by atoms with Gasteiger partial charge in [-0.15, -0.1) is 0 Å². The first kappa shape index (κ1) is 25.3. The van der Waals surface area contributed by atoms with E-state index in [4.69, 9.17) is 0 Å². The highest BCUT2D eigenvalue weighted by Gasteiger charge is 2.68. The van der Waals surface area contributed by atoms with Crippen LogP contribution < -0.4 is 0 Å². The number of rotatable bonds is 2. The van der Waals surface area contributed by atoms with Crippen molar-refractivity contribution in [3.63, 3.8) is 0 Å². The average molecular weight is 547 g/mol. The third kappa shape index (κ3) is 3.98. The van der Waals surface area contributed by atoms with Crippen molar-refractivity contribution in [3.05, 3.63) is 107 Å². The van der Waals surface area contributed by atoms with E-state index in [0.717, 1.165) is 52.2 Å². The lowest BCUT2D eigenvalue weighted by molar-refractivity contribution is -0.211. The van der Waals surface area contributed by atoms with E-state index in [1.165, 1.54) is 76.2 Å². The molecule has 0 radical (unpaired) electrons. The third-order valence-corrected chi connectivity index (χ3v) is 13.1. The largest absolute Gasteiger partial charge is 0.0622 e. The summed E-state index contributed by atoms with van der Waals surface area (Å²) in [5.74, 6) is 20.9. The van der Waals surface area contributed by atoms with Crippen molar-refractivity contribution in [1.82, 2.24) is 0 Å². The first-order valence-corrected chi connectivity index (χ1v) is 16.9. The second kappa shape index (κ2) is 9.65. The Morgan fingerprint density at radius 3 is 1.57 bits per heavy atom. The maximum absolute atomic E-state index is 3.78. The Kier molecular flexibility index (Phi) is 5.81. The maximum atomic E-state index is 3.78. The second-order valence-electron chi connectivity index (χ2n) is 15.4. The molecule has 11 rings (SSSR count). The van der Waals surface area contributed by atoms with Crippen LogP contribution in [0.1, 0.15) is 104 Å². The minimum Gasteiger partial charge on any atom is -0.0622 e. The van der Waals surface area contributed by atoms with E-state index in [0.29, 0.717) is 16.7 Å². The molecule has 0 spiro atoms. The molecule has 210 valence electrons. The summed E-state index contributed by atoms with van der Waals surface area (Å²) < 4.78 is 0. The van der Waals surface area contributed by atoms with E-state index in [1.54, 1.807) is 5.56 Å². The zero-order valence-electron chi connectivity index (χ0n) is 24.8. The van der Waals surface area contributed by atoms with Gasteiger partial charge in [0.15, 0.2) is 0 Å². The Balaban J connectivity index is 1.22. The van der Waals surface area contributed by atoms with Crippen LogP contribution >= 0.6 is 0 Å². The first-order valence-electron chi connectivity index (χ1n) is 16.9. The summed E-state index contributed by atoms with van der Waals surface area (Å²) >= 11 is 0. The van der Waals surface area contributed by atoms with Gasteiger partial charge in [0.1, 0.15) is 0 Å². The lowest BCUT2D eigenvalue weighted by Crippen LogP contribution is -2.63. The van der Waals surface area contributed by atoms with E-state index in [1.807, 2.05) is 0 Å². The number of hydrogen-bond donors (Lipinski definition) is 0. The summed E-state index contributed by atoms with van der Waals surface area (Å²) in [5, 5.41) is 0. The molecule has 8 aliphatic rings. The number of benzene rings is 3. The highest BCUT2D eigenvalue weighted by atomic mass is 14.7. The SMILES string of the molecule is C(#Cc1cccc(C2C3CC4CC(C3)CC2(C23CC5CC(CC(C5)C2)C3)C4)c1C#Cc1ccccc1)c1ccccc1. The summed E-state index contributed by atoms with van der Waals surface area (Å²) in [6.45, 7) is 0. The molecule has 0 nitrogen and oxygen atoms in total. The van der Waals surface area contributed by atoms with Crippen LogP contribution in [0.4, 0.5) is 0 Å². The predicted octanol–water partition coefficient (Wildman–Crippen LogP) is 9.61. The van der Waals surface area contributed by atoms with E-state index < -0.39 is 0 Å². The van der Waals surface area contributed by atoms with Gasteiger partial charge in [0, 0.05) is 22.3 Å². The molecule has 3 unspecified atom stereocenters. The molecule has 0 aliphatic heterocycles. The van der Waals surface area contributed by atoms with Crippen LogP contribution in [0.5, 0.6) is 0 Å². The summed E-state index contributed by atoms with van der Waals surface area (Å²) in [7, 11) is 0. The lowest BCUT2D eigenvalue weighted by Gasteiger charge is -2.73. The molecule has 8 saturated carbocycles. The summed E-state index contributed by atoms with van der Waals surface area (Å²) in [5.41, 5.74) is 7.10. The number of hydrogen-bond acceptors (Lipinski definition) is 0. The summed E-state index contributed by atoms with van der Waals surface area (Å²) in [6, 6.07) is 28.1. The molecular weight excluding hydrogens is 504 g/mol. The van der Waals surface area contributed by atoms with E-state index in [-0.39, 0.29) is 0 Å². The van der Waals surface area contributed by atoms with Gasteiger partial charge < -0.3 is 0 Å². The van der Waals surface area contributed by atoms with Gasteiger partial charge >= 0.3 is 0 Å². The van der Waals surface area contributed by atoms with Gasteiger partial charge in [-0.1, -0.05) is 72.2 Å². The fourth-order valence-corrected chi connectivity index (χ4v) is 12.5. The van der Waals surface area contributed by atoms with Gasteiger partial charge in [0.05, 0.1) is 0 Å². The molecule has 0 amide bonds. The van der Waals surface area contributed by atoms with Crippen LogP contribution in [-0.2, 0) is 0 Å². The Morgan fingerprint density at radius 2 is 1.00 bits per heavy atom. The Labute approximate surface area is 252 Å². The van der Waals surface area contributed by atoms with Crippen LogP contribution in [0.25, 0.3) is 0 Å². The normalized spacial score (nSPS) is 38.4. The van der Waals surface area contributed by atoms with Gasteiger partial charge in [-0.3, -0.25) is 0 Å². The van der Waals surface area contributed by atoms with Crippen molar-refractivity contribution < 1.29 is 0 Å². The maximum Gasteiger partial charge on any atom is 0.0440 e. The van der Waals surface area contributed by atoms with E-state index >= 15 is 0 Å². The van der Waals surface area contributed by atoms with Crippen molar-refractivity contribution in [1.29, 1.82) is 0 Å². The van der Waals surface area contributed by atoms with Crippen molar-refractivity contribution in [2.75, 3.05) is 0 Å². The molecule has 8 aliphatic carbocycles. The molecule has 8 bridgehead atoms. The van der Waals surface area contributed by atoms with Crippen molar-refractivity contribution in [3.8, 4) is 23.7 Å². The summed E-state index contributed by atoms with van der Waals surface area (Å²) in [6.07, 6.45) is 16.6. The molecule has 0 heteroatoms. The Bertz CT molecular complexity index is 1570. The van der Waals surface area contributed by atoms with Crippen LogP contribution in [0.15, 0.2) is 78.9 Å². The van der Waals surface area contributed by atoms with Crippen LogP contribution in [0.2, 0.25) is 0 Å². The fourth-order valence-electron chi connectivity index (χ4n) is 12.5. The molecule has 3 aromatic carbocycles. The van der Waals surface area contributed by atoms with Crippen molar-refractivity contribution in [2.45, 2.75) is 76.5 Å². The first-order chi connectivity index (χ1) is 20.7. The highest BCUT2D eigenvalue weighted by Crippen LogP contribution is 2.78. The summed E-state index contributed by atoms with van der Waals surface area (Å²) in [4.78, 5) is 0. The van der Waals surface area contributed by atoms with Gasteiger partial charge in [0.2, 0.25) is 0 Å². The van der Waals surface area contributed by atoms with Gasteiger partial charge in [0.25, 0.3) is 0 Å². The molecular formula is C42H42. The van der Waals surface area contributed by atoms with Crippen LogP contribution in [0.3, 0.4) is 0 Å². The standard InChI is InChI=1S/C42H42/c1-3-8-29(9-4-1)14-16-36-12-7-13-39(38(36)17-15-30-10-5-2-6-11-30)40-37-22-34-21-35(23-37)28-42(40,27-34)41-24-31-18-32(25-41)20-33(19-31)26-41/h1-13,31-35,37,40H,18-28H2. The van der Waals surface area contributed by atoms with E-state index in [2.05, 4.69) is 103 Å². The minimum absolute atomic E-state index is 0.465. The smallest absolute Gasteiger partial charge is 0.0440 e. The topological polar surface area (TPSA) is 0 Å². The molecule has 8 fully saturated rings. The Hall–Kier alpha value is -3.22. The second-order valence-corrected chi connectivity index (χ2v) is 15.4. The molecule has 42 heavy (non-hydrogen) atoms. The molecule has 0 heterocycles. The predicted molar refractivity (Wildman–Crippen MR) is 171 cm³/mol. The lowest BCUT2D eigenvalue weighted by atomic mass is 9.32. The van der Waals surface area contributed by atoms with E-state index in [9.17, 15) is 0 Å². The molecule has 0 saturated heterocycles. The van der Waals surface area contributed by atoms with Crippen LogP contribution in [0, 0.1) is 70.0 Å². The molecule has 0 N–H and O–H groups in total. The highest BCUT2D eigenvalue weighted by molar-refractivity contribution is 5.59. The molecule has 3 atom stereocenters.